The molecule has 0 aliphatic carbocycles. The van der Waals surface area contributed by atoms with E-state index in [1.165, 1.54) is 0 Å². The monoisotopic (exact) mass is 158 g/mol. The summed E-state index contributed by atoms with van der Waals surface area (Å²) in [5.41, 5.74) is 0. The van der Waals surface area contributed by atoms with Crippen LogP contribution in [0.5, 0.6) is 0 Å². The number of carbonyl (C=O) groups excluding carboxylic acids is 1. The van der Waals surface area contributed by atoms with Crippen molar-refractivity contribution in [1.82, 2.24) is 0 Å². The van der Waals surface area contributed by atoms with E-state index in [1.807, 2.05) is 13.8 Å². The number of hydrogen-bond donors (Lipinski definition) is 1. The summed E-state index contributed by atoms with van der Waals surface area (Å²) >= 11 is 0. The van der Waals surface area contributed by atoms with Crippen LogP contribution in [-0.4, -0.2) is 17.5 Å². The lowest BCUT2D eigenvalue weighted by atomic mass is 9.98. The molecule has 2 heteroatoms. The fourth-order valence-electron chi connectivity index (χ4n) is 1.07. The van der Waals surface area contributed by atoms with Crippen LogP contribution in [0.25, 0.3) is 0 Å². The molecule has 66 valence electrons. The van der Waals surface area contributed by atoms with Crippen LogP contribution in [0.3, 0.4) is 0 Å². The summed E-state index contributed by atoms with van der Waals surface area (Å²) in [4.78, 5) is 11.0. The Morgan fingerprint density at radius 1 is 1.45 bits per heavy atom. The molecule has 0 aromatic heterocycles. The summed E-state index contributed by atoms with van der Waals surface area (Å²) < 4.78 is 0. The Bertz CT molecular complexity index is 110. The van der Waals surface area contributed by atoms with Gasteiger partial charge in [-0.15, -0.1) is 0 Å². The minimum atomic E-state index is 0.187. The molecule has 0 bridgehead atoms. The second-order valence-corrected chi connectivity index (χ2v) is 2.94. The van der Waals surface area contributed by atoms with Crippen LogP contribution in [0.15, 0.2) is 0 Å². The van der Waals surface area contributed by atoms with Crippen molar-refractivity contribution in [2.45, 2.75) is 39.5 Å². The molecule has 0 aromatic rings. The normalized spacial score (nSPS) is 13.0. The van der Waals surface area contributed by atoms with E-state index in [-0.39, 0.29) is 12.5 Å². The van der Waals surface area contributed by atoms with Gasteiger partial charge in [0.05, 0.1) is 0 Å². The maximum atomic E-state index is 11.0. The number of Topliss-reactive ketones (excluding diaryl/α,β-unsaturated/α-hetero) is 1. The molecule has 0 saturated carbocycles. The standard InChI is InChI=1S/C9H18O2/c1-3-9(11)8(2)6-4-5-7-10/h8,10H,3-7H2,1-2H3. The van der Waals surface area contributed by atoms with Gasteiger partial charge >= 0.3 is 0 Å². The van der Waals surface area contributed by atoms with Crippen LogP contribution in [0.4, 0.5) is 0 Å². The smallest absolute Gasteiger partial charge is 0.135 e. The highest BCUT2D eigenvalue weighted by molar-refractivity contribution is 5.80. The SMILES string of the molecule is CCC(=O)C(C)CCCCO. The molecule has 0 heterocycles. The average Bonchev–Trinajstić information content (AvgIpc) is 2.03. The van der Waals surface area contributed by atoms with Crippen LogP contribution in [-0.2, 0) is 4.79 Å². The van der Waals surface area contributed by atoms with Crippen molar-refractivity contribution < 1.29 is 9.90 Å². The van der Waals surface area contributed by atoms with Crippen molar-refractivity contribution in [1.29, 1.82) is 0 Å². The Morgan fingerprint density at radius 3 is 2.55 bits per heavy atom. The molecule has 0 spiro atoms. The minimum Gasteiger partial charge on any atom is -0.396 e. The predicted molar refractivity (Wildman–Crippen MR) is 45.4 cm³/mol. The molecule has 0 aromatic carbocycles. The quantitative estimate of drug-likeness (QED) is 0.598. The molecule has 0 amide bonds. The Labute approximate surface area is 68.6 Å². The molecule has 2 nitrogen and oxygen atoms in total. The Balaban J connectivity index is 3.36. The molecular formula is C9H18O2. The highest BCUT2D eigenvalue weighted by Crippen LogP contribution is 2.09. The van der Waals surface area contributed by atoms with Gasteiger partial charge in [-0.2, -0.15) is 0 Å². The second-order valence-electron chi connectivity index (χ2n) is 2.94. The maximum absolute atomic E-state index is 11.0. The largest absolute Gasteiger partial charge is 0.396 e. The lowest BCUT2D eigenvalue weighted by molar-refractivity contribution is -0.122. The third-order valence-corrected chi connectivity index (χ3v) is 1.94. The van der Waals surface area contributed by atoms with Crippen LogP contribution < -0.4 is 0 Å². The molecule has 0 aliphatic rings. The minimum absolute atomic E-state index is 0.187. The van der Waals surface area contributed by atoms with E-state index >= 15 is 0 Å². The fourth-order valence-corrected chi connectivity index (χ4v) is 1.07. The zero-order chi connectivity index (χ0) is 8.69. The topological polar surface area (TPSA) is 37.3 Å². The average molecular weight is 158 g/mol. The van der Waals surface area contributed by atoms with Crippen molar-refractivity contribution in [3.63, 3.8) is 0 Å². The summed E-state index contributed by atoms with van der Waals surface area (Å²) in [5, 5.41) is 8.49. The summed E-state index contributed by atoms with van der Waals surface area (Å²) in [5.74, 6) is 0.523. The molecule has 11 heavy (non-hydrogen) atoms. The van der Waals surface area contributed by atoms with E-state index in [1.54, 1.807) is 0 Å². The van der Waals surface area contributed by atoms with Gasteiger partial charge in [0.2, 0.25) is 0 Å². The Kier molecular flexibility index (Phi) is 6.13. The summed E-state index contributed by atoms with van der Waals surface area (Å²) in [7, 11) is 0. The first-order chi connectivity index (χ1) is 5.22. The Hall–Kier alpha value is -0.370. The maximum Gasteiger partial charge on any atom is 0.135 e. The second kappa shape index (κ2) is 6.35. The van der Waals surface area contributed by atoms with E-state index in [0.29, 0.717) is 12.2 Å². The number of ketones is 1. The first-order valence-electron chi connectivity index (χ1n) is 4.36. The number of aliphatic hydroxyl groups excluding tert-OH is 1. The van der Waals surface area contributed by atoms with Gasteiger partial charge in [-0.25, -0.2) is 0 Å². The number of rotatable bonds is 6. The molecule has 0 saturated heterocycles. The molecule has 0 rings (SSSR count). The van der Waals surface area contributed by atoms with Gasteiger partial charge in [-0.1, -0.05) is 20.3 Å². The Morgan fingerprint density at radius 2 is 2.09 bits per heavy atom. The summed E-state index contributed by atoms with van der Waals surface area (Å²) in [6.07, 6.45) is 3.35. The van der Waals surface area contributed by atoms with E-state index in [9.17, 15) is 4.79 Å². The molecule has 0 fully saturated rings. The fraction of sp³-hybridized carbons (Fsp3) is 0.889. The van der Waals surface area contributed by atoms with E-state index in [2.05, 4.69) is 0 Å². The predicted octanol–water partition coefficient (Wildman–Crippen LogP) is 1.76. The lowest BCUT2D eigenvalue weighted by Crippen LogP contribution is -2.09. The van der Waals surface area contributed by atoms with Gasteiger partial charge in [-0.05, 0) is 12.8 Å². The molecule has 1 atom stereocenters. The van der Waals surface area contributed by atoms with Crippen molar-refractivity contribution in [2.75, 3.05) is 6.61 Å². The van der Waals surface area contributed by atoms with Crippen LogP contribution in [0, 0.1) is 5.92 Å². The zero-order valence-electron chi connectivity index (χ0n) is 7.47. The van der Waals surface area contributed by atoms with Gasteiger partial charge in [0.1, 0.15) is 5.78 Å². The van der Waals surface area contributed by atoms with Crippen LogP contribution in [0.2, 0.25) is 0 Å². The van der Waals surface area contributed by atoms with E-state index < -0.39 is 0 Å². The molecule has 1 N–H and O–H groups in total. The van der Waals surface area contributed by atoms with Gasteiger partial charge < -0.3 is 5.11 Å². The number of unbranched alkanes of at least 4 members (excludes halogenated alkanes) is 1. The van der Waals surface area contributed by atoms with E-state index in [0.717, 1.165) is 19.3 Å². The van der Waals surface area contributed by atoms with Crippen molar-refractivity contribution in [2.24, 2.45) is 5.92 Å². The van der Waals surface area contributed by atoms with Gasteiger partial charge in [0.15, 0.2) is 0 Å². The van der Waals surface area contributed by atoms with Crippen LogP contribution in [0.1, 0.15) is 39.5 Å². The van der Waals surface area contributed by atoms with Crippen molar-refractivity contribution in [3.8, 4) is 0 Å². The molecule has 1 unspecified atom stereocenters. The highest BCUT2D eigenvalue weighted by Gasteiger charge is 2.08. The first-order valence-corrected chi connectivity index (χ1v) is 4.36. The van der Waals surface area contributed by atoms with Gasteiger partial charge in [0, 0.05) is 18.9 Å². The third kappa shape index (κ3) is 4.96. The molecule has 0 aliphatic heterocycles. The first kappa shape index (κ1) is 10.6. The number of carbonyl (C=O) groups is 1. The number of aliphatic hydroxyl groups is 1. The van der Waals surface area contributed by atoms with Gasteiger partial charge in [-0.3, -0.25) is 4.79 Å². The zero-order valence-corrected chi connectivity index (χ0v) is 7.47. The molecular weight excluding hydrogens is 140 g/mol. The third-order valence-electron chi connectivity index (χ3n) is 1.94. The van der Waals surface area contributed by atoms with Crippen molar-refractivity contribution >= 4 is 5.78 Å². The molecule has 0 radical (unpaired) electrons. The highest BCUT2D eigenvalue weighted by atomic mass is 16.2. The van der Waals surface area contributed by atoms with Gasteiger partial charge in [0.25, 0.3) is 0 Å². The lowest BCUT2D eigenvalue weighted by Gasteiger charge is -2.06. The van der Waals surface area contributed by atoms with Crippen LogP contribution >= 0.6 is 0 Å². The summed E-state index contributed by atoms with van der Waals surface area (Å²) in [6.45, 7) is 4.10. The number of hydrogen-bond acceptors (Lipinski definition) is 2. The summed E-state index contributed by atoms with van der Waals surface area (Å²) in [6, 6.07) is 0. The van der Waals surface area contributed by atoms with Crippen molar-refractivity contribution in [3.05, 3.63) is 0 Å². The van der Waals surface area contributed by atoms with E-state index in [4.69, 9.17) is 5.11 Å².